The Hall–Kier alpha value is -1.86. The maximum Gasteiger partial charge on any atom is 0.285 e. The summed E-state index contributed by atoms with van der Waals surface area (Å²) in [5.41, 5.74) is 3.24. The van der Waals surface area contributed by atoms with Crippen LogP contribution in [0.3, 0.4) is 0 Å². The van der Waals surface area contributed by atoms with Crippen molar-refractivity contribution in [1.29, 1.82) is 0 Å². The second kappa shape index (κ2) is 6.59. The summed E-state index contributed by atoms with van der Waals surface area (Å²) in [4.78, 5) is 26.5. The number of benzene rings is 1. The normalized spacial score (nSPS) is 35.1. The van der Waals surface area contributed by atoms with Crippen LogP contribution in [-0.4, -0.2) is 26.3 Å². The van der Waals surface area contributed by atoms with Crippen molar-refractivity contribution in [1.82, 2.24) is 10.4 Å². The molecule has 1 aliphatic heterocycles. The van der Waals surface area contributed by atoms with Crippen LogP contribution < -0.4 is 5.43 Å². The van der Waals surface area contributed by atoms with Crippen molar-refractivity contribution in [3.8, 4) is 5.75 Å². The van der Waals surface area contributed by atoms with E-state index >= 15 is 0 Å². The highest BCUT2D eigenvalue weighted by Crippen LogP contribution is 2.60. The maximum absolute atomic E-state index is 13.2. The zero-order valence-corrected chi connectivity index (χ0v) is 17.0. The number of hydrogen-bond donors (Lipinski definition) is 2. The number of thiocarbonyl (C=S) groups is 1. The van der Waals surface area contributed by atoms with Gasteiger partial charge in [0, 0.05) is 0 Å². The van der Waals surface area contributed by atoms with E-state index in [1.165, 1.54) is 36.0 Å². The highest BCUT2D eigenvalue weighted by molar-refractivity contribution is 8.26. The van der Waals surface area contributed by atoms with Gasteiger partial charge in [0.15, 0.2) is 4.32 Å². The van der Waals surface area contributed by atoms with E-state index in [1.54, 1.807) is 30.3 Å². The molecule has 146 valence electrons. The molecular weight excluding hydrogens is 392 g/mol. The van der Waals surface area contributed by atoms with Gasteiger partial charge in [0.25, 0.3) is 5.91 Å². The van der Waals surface area contributed by atoms with Crippen molar-refractivity contribution in [3.63, 3.8) is 0 Å². The first-order valence-electron chi connectivity index (χ1n) is 9.80. The van der Waals surface area contributed by atoms with Crippen LogP contribution in [0.4, 0.5) is 0 Å². The lowest BCUT2D eigenvalue weighted by Crippen LogP contribution is -2.57. The monoisotopic (exact) mass is 414 g/mol. The molecule has 4 aliphatic carbocycles. The number of amides is 2. The second-order valence-corrected chi connectivity index (χ2v) is 10.4. The zero-order chi connectivity index (χ0) is 19.5. The Balaban J connectivity index is 1.34. The van der Waals surface area contributed by atoms with Crippen LogP contribution >= 0.6 is 24.0 Å². The van der Waals surface area contributed by atoms with Gasteiger partial charge in [-0.1, -0.05) is 23.9 Å². The molecule has 5 fully saturated rings. The van der Waals surface area contributed by atoms with Crippen LogP contribution in [0.5, 0.6) is 5.75 Å². The molecule has 1 aromatic rings. The van der Waals surface area contributed by atoms with E-state index in [-0.39, 0.29) is 23.0 Å². The Morgan fingerprint density at radius 1 is 1.21 bits per heavy atom. The summed E-state index contributed by atoms with van der Waals surface area (Å²) in [5.74, 6) is 1.77. The first-order valence-corrected chi connectivity index (χ1v) is 11.0. The number of phenolic OH excluding ortho intramolecular Hbond substituents is 1. The summed E-state index contributed by atoms with van der Waals surface area (Å²) in [6.45, 7) is 0. The summed E-state index contributed by atoms with van der Waals surface area (Å²) in [6.07, 6.45) is 8.31. The predicted molar refractivity (Wildman–Crippen MR) is 112 cm³/mol. The lowest BCUT2D eigenvalue weighted by atomic mass is 9.49. The highest BCUT2D eigenvalue weighted by atomic mass is 32.2. The molecule has 5 aliphatic rings. The zero-order valence-electron chi connectivity index (χ0n) is 15.4. The minimum absolute atomic E-state index is 0.0403. The van der Waals surface area contributed by atoms with Crippen LogP contribution in [0.1, 0.15) is 44.1 Å². The molecule has 1 heterocycles. The van der Waals surface area contributed by atoms with Gasteiger partial charge in [0.1, 0.15) is 5.75 Å². The Morgan fingerprint density at radius 2 is 1.86 bits per heavy atom. The van der Waals surface area contributed by atoms with Crippen LogP contribution in [0.2, 0.25) is 0 Å². The molecular formula is C21H22N2O3S2. The van der Waals surface area contributed by atoms with E-state index in [2.05, 4.69) is 5.43 Å². The van der Waals surface area contributed by atoms with Gasteiger partial charge in [-0.2, -0.15) is 5.01 Å². The molecule has 0 radical (unpaired) electrons. The Labute approximate surface area is 173 Å². The van der Waals surface area contributed by atoms with E-state index in [0.717, 1.165) is 19.3 Å². The van der Waals surface area contributed by atoms with Crippen molar-refractivity contribution in [2.75, 3.05) is 0 Å². The molecule has 0 spiro atoms. The molecule has 6 rings (SSSR count). The predicted octanol–water partition coefficient (Wildman–Crippen LogP) is 3.84. The largest absolute Gasteiger partial charge is 0.508 e. The van der Waals surface area contributed by atoms with Gasteiger partial charge < -0.3 is 5.11 Å². The minimum atomic E-state index is -0.326. The number of carbonyl (C=O) groups is 2. The van der Waals surface area contributed by atoms with Crippen LogP contribution in [0.15, 0.2) is 29.2 Å². The van der Waals surface area contributed by atoms with Gasteiger partial charge in [0.2, 0.25) is 5.91 Å². The number of thioether (sulfide) groups is 1. The third-order valence-corrected chi connectivity index (χ3v) is 8.00. The quantitative estimate of drug-likeness (QED) is 0.581. The first kappa shape index (κ1) is 18.2. The number of carbonyl (C=O) groups excluding carboxylic acids is 2. The lowest BCUT2D eigenvalue weighted by Gasteiger charge is -2.55. The smallest absolute Gasteiger partial charge is 0.285 e. The van der Waals surface area contributed by atoms with Gasteiger partial charge in [-0.15, -0.1) is 0 Å². The topological polar surface area (TPSA) is 69.6 Å². The van der Waals surface area contributed by atoms with Gasteiger partial charge in [0.05, 0.1) is 10.3 Å². The van der Waals surface area contributed by atoms with Gasteiger partial charge in [-0.05, 0) is 92.3 Å². The molecule has 5 nitrogen and oxygen atoms in total. The molecule has 0 atom stereocenters. The molecule has 0 unspecified atom stereocenters. The third-order valence-electron chi connectivity index (χ3n) is 6.69. The van der Waals surface area contributed by atoms with Crippen LogP contribution in [0, 0.1) is 23.2 Å². The number of aromatic hydroxyl groups is 1. The van der Waals surface area contributed by atoms with E-state index in [4.69, 9.17) is 12.2 Å². The van der Waals surface area contributed by atoms with E-state index in [0.29, 0.717) is 32.5 Å². The second-order valence-electron chi connectivity index (χ2n) is 8.75. The van der Waals surface area contributed by atoms with Gasteiger partial charge in [-0.3, -0.25) is 15.0 Å². The van der Waals surface area contributed by atoms with E-state index < -0.39 is 0 Å². The molecule has 28 heavy (non-hydrogen) atoms. The van der Waals surface area contributed by atoms with Gasteiger partial charge in [-0.25, -0.2) is 0 Å². The van der Waals surface area contributed by atoms with E-state index in [1.807, 2.05) is 0 Å². The Bertz CT molecular complexity index is 875. The number of hydrogen-bond acceptors (Lipinski definition) is 5. The van der Waals surface area contributed by atoms with Crippen molar-refractivity contribution in [2.24, 2.45) is 23.2 Å². The summed E-state index contributed by atoms with van der Waals surface area (Å²) in [5, 5.41) is 10.8. The average molecular weight is 415 g/mol. The third kappa shape index (κ3) is 3.05. The standard InChI is InChI=1S/C21H22N2O3S2/c24-16-3-1-2-12(7-16)8-17-18(25)23(20(27)28-17)22-19(26)21-9-13-4-14(10-21)6-15(5-13)11-21/h1-3,7-8,13-15,24H,4-6,9-11H2,(H,22,26)/b17-8+. The summed E-state index contributed by atoms with van der Waals surface area (Å²) in [6, 6.07) is 6.69. The fraction of sp³-hybridized carbons (Fsp3) is 0.476. The molecule has 1 aromatic carbocycles. The number of nitrogens with one attached hydrogen (secondary N) is 1. The Kier molecular flexibility index (Phi) is 4.28. The molecule has 7 heteroatoms. The maximum atomic E-state index is 13.2. The van der Waals surface area contributed by atoms with Crippen molar-refractivity contribution in [3.05, 3.63) is 34.7 Å². The number of hydrazine groups is 1. The van der Waals surface area contributed by atoms with Crippen molar-refractivity contribution < 1.29 is 14.7 Å². The number of nitrogens with zero attached hydrogens (tertiary/aromatic N) is 1. The number of phenols is 1. The van der Waals surface area contributed by atoms with E-state index in [9.17, 15) is 14.7 Å². The molecule has 2 N–H and O–H groups in total. The van der Waals surface area contributed by atoms with Crippen molar-refractivity contribution >= 4 is 46.2 Å². The SMILES string of the molecule is O=C1/C(=C\c2cccc(O)c2)SC(=S)N1NC(=O)C12CC3CC(CC(C3)C1)C2. The van der Waals surface area contributed by atoms with Crippen LogP contribution in [0.25, 0.3) is 6.08 Å². The fourth-order valence-electron chi connectivity index (χ4n) is 5.94. The summed E-state index contributed by atoms with van der Waals surface area (Å²) < 4.78 is 0.342. The number of rotatable bonds is 3. The molecule has 1 saturated heterocycles. The highest BCUT2D eigenvalue weighted by Gasteiger charge is 2.55. The Morgan fingerprint density at radius 3 is 2.46 bits per heavy atom. The van der Waals surface area contributed by atoms with Crippen LogP contribution in [-0.2, 0) is 9.59 Å². The fourth-order valence-corrected chi connectivity index (χ4v) is 7.12. The summed E-state index contributed by atoms with van der Waals surface area (Å²) in [7, 11) is 0. The minimum Gasteiger partial charge on any atom is -0.508 e. The molecule has 4 bridgehead atoms. The first-order chi connectivity index (χ1) is 13.4. The molecule has 4 saturated carbocycles. The van der Waals surface area contributed by atoms with Crippen molar-refractivity contribution in [2.45, 2.75) is 38.5 Å². The van der Waals surface area contributed by atoms with Gasteiger partial charge >= 0.3 is 0 Å². The molecule has 2 amide bonds. The average Bonchev–Trinajstić information content (AvgIpc) is 2.88. The lowest BCUT2D eigenvalue weighted by molar-refractivity contribution is -0.152. The molecule has 0 aromatic heterocycles. The summed E-state index contributed by atoms with van der Waals surface area (Å²) >= 11 is 6.54.